The number of carbonyl (C=O) groups excluding carboxylic acids is 1. The number of anilines is 1. The van der Waals surface area contributed by atoms with Gasteiger partial charge in [-0.2, -0.15) is 15.2 Å². The second-order valence-corrected chi connectivity index (χ2v) is 12.7. The van der Waals surface area contributed by atoms with Crippen molar-refractivity contribution in [3.63, 3.8) is 0 Å². The van der Waals surface area contributed by atoms with Gasteiger partial charge in [0.05, 0.1) is 24.0 Å². The number of ether oxygens (including phenoxy) is 1. The van der Waals surface area contributed by atoms with Crippen molar-refractivity contribution in [2.45, 2.75) is 56.5 Å². The Morgan fingerprint density at radius 2 is 2.00 bits per heavy atom. The van der Waals surface area contributed by atoms with Crippen molar-refractivity contribution in [2.24, 2.45) is 5.92 Å². The molecule has 3 aromatic rings. The molecule has 4 atom stereocenters. The predicted molar refractivity (Wildman–Crippen MR) is 163 cm³/mol. The minimum atomic E-state index is -1.06. The minimum absolute atomic E-state index is 0.00962. The molecule has 2 saturated heterocycles. The van der Waals surface area contributed by atoms with Crippen LogP contribution in [-0.4, -0.2) is 77.6 Å². The van der Waals surface area contributed by atoms with Gasteiger partial charge in [0.2, 0.25) is 0 Å². The fourth-order valence-corrected chi connectivity index (χ4v) is 7.68. The van der Waals surface area contributed by atoms with Gasteiger partial charge in [0.1, 0.15) is 18.2 Å². The third-order valence-corrected chi connectivity index (χ3v) is 10.2. The van der Waals surface area contributed by atoms with Crippen LogP contribution in [0.4, 0.5) is 14.6 Å². The first kappa shape index (κ1) is 28.7. The van der Waals surface area contributed by atoms with Crippen LogP contribution in [0, 0.1) is 23.1 Å². The molecule has 1 amide bonds. The Labute approximate surface area is 255 Å². The van der Waals surface area contributed by atoms with Crippen LogP contribution in [0.15, 0.2) is 42.7 Å². The number of piperazine rings is 1. The molecular weight excluding hydrogens is 562 g/mol. The Morgan fingerprint density at radius 3 is 2.73 bits per heavy atom. The molecule has 0 bridgehead atoms. The van der Waals surface area contributed by atoms with E-state index < -0.39 is 17.8 Å². The summed E-state index contributed by atoms with van der Waals surface area (Å²) in [5, 5.41) is 10.0. The Balaban J connectivity index is 1.29. The highest BCUT2D eigenvalue weighted by Crippen LogP contribution is 2.54. The van der Waals surface area contributed by atoms with E-state index in [1.807, 2.05) is 23.1 Å². The molecule has 1 aromatic heterocycles. The van der Waals surface area contributed by atoms with Crippen LogP contribution in [0.2, 0.25) is 0 Å². The molecule has 3 heterocycles. The highest BCUT2D eigenvalue weighted by atomic mass is 19.1. The highest BCUT2D eigenvalue weighted by molar-refractivity contribution is 5.94. The molecule has 3 fully saturated rings. The Morgan fingerprint density at radius 1 is 1.14 bits per heavy atom. The van der Waals surface area contributed by atoms with E-state index in [-0.39, 0.29) is 37.4 Å². The van der Waals surface area contributed by atoms with Crippen LogP contribution in [0.25, 0.3) is 22.0 Å². The number of hydrogen-bond donors (Lipinski definition) is 0. The lowest BCUT2D eigenvalue weighted by Crippen LogP contribution is -2.55. The number of nitrogens with zero attached hydrogens (tertiary/aromatic N) is 6. The van der Waals surface area contributed by atoms with E-state index in [1.165, 1.54) is 28.5 Å². The van der Waals surface area contributed by atoms with Gasteiger partial charge in [-0.25, -0.2) is 8.78 Å². The second-order valence-electron chi connectivity index (χ2n) is 12.7. The summed E-state index contributed by atoms with van der Waals surface area (Å²) in [6.45, 7) is 5.31. The van der Waals surface area contributed by atoms with Crippen molar-refractivity contribution in [1.82, 2.24) is 19.8 Å². The van der Waals surface area contributed by atoms with E-state index in [4.69, 9.17) is 14.7 Å². The fourth-order valence-electron chi connectivity index (χ4n) is 7.68. The minimum Gasteiger partial charge on any atom is -0.462 e. The van der Waals surface area contributed by atoms with E-state index >= 15 is 4.39 Å². The first-order valence-corrected chi connectivity index (χ1v) is 15.6. The van der Waals surface area contributed by atoms with E-state index in [2.05, 4.69) is 30.7 Å². The number of aromatic nitrogens is 2. The second kappa shape index (κ2) is 11.4. The monoisotopic (exact) mass is 598 g/mol. The molecule has 2 unspecified atom stereocenters. The zero-order chi connectivity index (χ0) is 30.5. The summed E-state index contributed by atoms with van der Waals surface area (Å²) >= 11 is 0. The molecule has 228 valence electrons. The van der Waals surface area contributed by atoms with Crippen molar-refractivity contribution in [3.05, 3.63) is 59.7 Å². The molecule has 10 heteroatoms. The van der Waals surface area contributed by atoms with Crippen LogP contribution < -0.4 is 9.64 Å². The normalized spacial score (nSPS) is 24.5. The van der Waals surface area contributed by atoms with Crippen LogP contribution in [0.5, 0.6) is 6.01 Å². The van der Waals surface area contributed by atoms with E-state index in [0.717, 1.165) is 37.8 Å². The van der Waals surface area contributed by atoms with Crippen molar-refractivity contribution < 1.29 is 18.3 Å². The first-order chi connectivity index (χ1) is 21.3. The fraction of sp³-hybridized carbons (Fsp3) is 0.471. The zero-order valence-electron chi connectivity index (χ0n) is 24.9. The third kappa shape index (κ3) is 4.97. The number of carbonyl (C=O) groups is 1. The first-order valence-electron chi connectivity index (χ1n) is 15.6. The van der Waals surface area contributed by atoms with Gasteiger partial charge in [-0.15, -0.1) is 0 Å². The summed E-state index contributed by atoms with van der Waals surface area (Å²) in [5.41, 5.74) is 4.60. The smallest absolute Gasteiger partial charge is 0.319 e. The summed E-state index contributed by atoms with van der Waals surface area (Å²) in [7, 11) is 2.08. The molecule has 2 aromatic carbocycles. The van der Waals surface area contributed by atoms with Gasteiger partial charge in [-0.3, -0.25) is 4.79 Å². The van der Waals surface area contributed by atoms with Crippen molar-refractivity contribution in [2.75, 3.05) is 44.7 Å². The number of likely N-dealkylation sites (N-methyl/N-ethyl adjacent to an activating group) is 1. The molecule has 44 heavy (non-hydrogen) atoms. The Bertz CT molecular complexity index is 1690. The topological polar surface area (TPSA) is 85.6 Å². The molecule has 0 radical (unpaired) electrons. The average Bonchev–Trinajstić information content (AvgIpc) is 3.53. The summed E-state index contributed by atoms with van der Waals surface area (Å²) in [5.74, 6) is -0.619. The number of fused-ring (bicyclic) bond motifs is 4. The maximum Gasteiger partial charge on any atom is 0.319 e. The number of hydrogen-bond acceptors (Lipinski definition) is 7. The van der Waals surface area contributed by atoms with Gasteiger partial charge in [-0.05, 0) is 86.4 Å². The van der Waals surface area contributed by atoms with E-state index in [1.54, 1.807) is 0 Å². The lowest BCUT2D eigenvalue weighted by atomic mass is 9.73. The summed E-state index contributed by atoms with van der Waals surface area (Å²) < 4.78 is 36.2. The highest BCUT2D eigenvalue weighted by Gasteiger charge is 2.41. The number of nitriles is 1. The van der Waals surface area contributed by atoms with Gasteiger partial charge < -0.3 is 19.4 Å². The summed E-state index contributed by atoms with van der Waals surface area (Å²) in [4.78, 5) is 27.6. The number of rotatable bonds is 7. The van der Waals surface area contributed by atoms with Gasteiger partial charge in [0.15, 0.2) is 5.83 Å². The summed E-state index contributed by atoms with van der Waals surface area (Å²) in [6, 6.07) is 11.5. The molecule has 1 saturated carbocycles. The molecule has 0 N–H and O–H groups in total. The molecule has 0 spiro atoms. The van der Waals surface area contributed by atoms with Crippen LogP contribution in [-0.2, 0) is 11.2 Å². The average molecular weight is 599 g/mol. The zero-order valence-corrected chi connectivity index (χ0v) is 24.9. The van der Waals surface area contributed by atoms with Crippen LogP contribution >= 0.6 is 0 Å². The lowest BCUT2D eigenvalue weighted by Gasteiger charge is -2.41. The molecule has 2 aliphatic heterocycles. The number of benzene rings is 2. The number of halogens is 2. The summed E-state index contributed by atoms with van der Waals surface area (Å²) in [6.07, 6.45) is 5.55. The van der Waals surface area contributed by atoms with Gasteiger partial charge >= 0.3 is 6.01 Å². The standard InChI is InChI=1S/C34H36F2N6O2/c1-20(35)33(43)42-14-13-41(18-23(42)10-11-37)32-28-16-29(36)27(26-7-3-5-22-15-21-8-9-25(21)31(22)26)17-30(28)38-34(39-32)44-19-24-6-4-12-40(24)2/h3,5,7,16-17,21,23-25H,1,4,6,8-10,12-15,18-19H2,2H3/t21?,23-,24-,25?/m0/s1. The van der Waals surface area contributed by atoms with Crippen LogP contribution in [0.3, 0.4) is 0 Å². The molecular formula is C34H36F2N6O2. The van der Waals surface area contributed by atoms with Gasteiger partial charge in [-0.1, -0.05) is 24.8 Å². The maximum atomic E-state index is 16.2. The molecule has 2 aliphatic carbocycles. The quantitative estimate of drug-likeness (QED) is 0.338. The molecule has 4 aliphatic rings. The SMILES string of the molecule is C=C(F)C(=O)N1CCN(c2nc(OC[C@@H]3CCCN3C)nc3cc(-c4cccc5c4C4CCC4C5)c(F)cc23)C[C@@H]1CC#N. The molecule has 7 rings (SSSR count). The van der Waals surface area contributed by atoms with Crippen LogP contribution in [0.1, 0.15) is 49.1 Å². The van der Waals surface area contributed by atoms with Crippen molar-refractivity contribution in [3.8, 4) is 23.2 Å². The number of amides is 1. The lowest BCUT2D eigenvalue weighted by molar-refractivity contribution is -0.131. The van der Waals surface area contributed by atoms with E-state index in [0.29, 0.717) is 47.3 Å². The largest absolute Gasteiger partial charge is 0.462 e. The Hall–Kier alpha value is -4.10. The van der Waals surface area contributed by atoms with Crippen molar-refractivity contribution in [1.29, 1.82) is 5.26 Å². The molecule has 8 nitrogen and oxygen atoms in total. The van der Waals surface area contributed by atoms with Gasteiger partial charge in [0.25, 0.3) is 5.91 Å². The predicted octanol–water partition coefficient (Wildman–Crippen LogP) is 5.37. The third-order valence-electron chi connectivity index (χ3n) is 10.2. The maximum absolute atomic E-state index is 16.2. The Kier molecular flexibility index (Phi) is 7.45. The van der Waals surface area contributed by atoms with Gasteiger partial charge in [0, 0.05) is 36.6 Å². The van der Waals surface area contributed by atoms with E-state index in [9.17, 15) is 14.4 Å². The number of likely N-dealkylation sites (tertiary alicyclic amines) is 1. The van der Waals surface area contributed by atoms with Crippen molar-refractivity contribution >= 4 is 22.6 Å².